The van der Waals surface area contributed by atoms with E-state index in [0.717, 1.165) is 23.1 Å². The molecule has 1 N–H and O–H groups in total. The monoisotopic (exact) mass is 364 g/mol. The number of hydrogen-bond acceptors (Lipinski definition) is 4. The summed E-state index contributed by atoms with van der Waals surface area (Å²) in [6, 6.07) is 15.1. The summed E-state index contributed by atoms with van der Waals surface area (Å²) in [4.78, 5) is 29.3. The van der Waals surface area contributed by atoms with Crippen molar-refractivity contribution in [2.75, 3.05) is 13.1 Å². The summed E-state index contributed by atoms with van der Waals surface area (Å²) < 4.78 is 0. The molecule has 27 heavy (non-hydrogen) atoms. The minimum absolute atomic E-state index is 0.215. The van der Waals surface area contributed by atoms with E-state index in [9.17, 15) is 14.7 Å². The third-order valence-corrected chi connectivity index (χ3v) is 5.04. The van der Waals surface area contributed by atoms with Gasteiger partial charge in [0.25, 0.3) is 5.91 Å². The average molecular weight is 364 g/mol. The minimum atomic E-state index is -1.31. The van der Waals surface area contributed by atoms with E-state index in [-0.39, 0.29) is 11.8 Å². The molecule has 0 spiro atoms. The topological polar surface area (TPSA) is 70.0 Å². The molecule has 1 aliphatic carbocycles. The number of likely N-dealkylation sites (N-methyl/N-ethyl adjacent to an activating group) is 1. The molecule has 0 saturated heterocycles. The molecular formula is C22H24N2O3. The van der Waals surface area contributed by atoms with E-state index in [1.54, 1.807) is 23.2 Å². The fraction of sp³-hybridized carbons (Fsp3) is 0.318. The van der Waals surface area contributed by atoms with Crippen LogP contribution in [0, 0.1) is 5.92 Å². The highest BCUT2D eigenvalue weighted by Gasteiger charge is 2.59. The molecule has 3 rings (SSSR count). The zero-order valence-corrected chi connectivity index (χ0v) is 15.6. The molecule has 2 unspecified atom stereocenters. The Balaban J connectivity index is 1.71. The Bertz CT molecular complexity index is 856. The molecule has 5 nitrogen and oxygen atoms in total. The number of rotatable bonds is 7. The number of amides is 1. The molecule has 2 atom stereocenters. The van der Waals surface area contributed by atoms with Gasteiger partial charge in [-0.1, -0.05) is 36.4 Å². The summed E-state index contributed by atoms with van der Waals surface area (Å²) in [5.74, 6) is -0.464. The van der Waals surface area contributed by atoms with Crippen LogP contribution in [-0.2, 0) is 4.79 Å². The predicted octanol–water partition coefficient (Wildman–Crippen LogP) is 3.49. The van der Waals surface area contributed by atoms with Crippen molar-refractivity contribution in [1.82, 2.24) is 4.90 Å². The summed E-state index contributed by atoms with van der Waals surface area (Å²) in [7, 11) is 0. The number of carbonyl (C=O) groups excluding carboxylic acids is 2. The zero-order chi connectivity index (χ0) is 19.4. The largest absolute Gasteiger partial charge is 0.379 e. The lowest BCUT2D eigenvalue weighted by atomic mass is 10.0. The van der Waals surface area contributed by atoms with Gasteiger partial charge in [-0.2, -0.15) is 0 Å². The van der Waals surface area contributed by atoms with Gasteiger partial charge in [0, 0.05) is 30.8 Å². The van der Waals surface area contributed by atoms with Gasteiger partial charge in [-0.3, -0.25) is 14.6 Å². The summed E-state index contributed by atoms with van der Waals surface area (Å²) in [5.41, 5.74) is 2.08. The van der Waals surface area contributed by atoms with E-state index in [1.807, 2.05) is 50.2 Å². The van der Waals surface area contributed by atoms with Crippen LogP contribution in [0.3, 0.4) is 0 Å². The van der Waals surface area contributed by atoms with Crippen LogP contribution in [0.15, 0.2) is 53.5 Å². The molecule has 0 aliphatic heterocycles. The van der Waals surface area contributed by atoms with E-state index in [1.165, 1.54) is 0 Å². The van der Waals surface area contributed by atoms with Crippen molar-refractivity contribution in [3.63, 3.8) is 0 Å². The minimum Gasteiger partial charge on any atom is -0.379 e. The lowest BCUT2D eigenvalue weighted by Gasteiger charge is -2.22. The summed E-state index contributed by atoms with van der Waals surface area (Å²) in [5, 5.41) is 10.5. The maximum atomic E-state index is 12.4. The number of hydrogen-bond donors (Lipinski definition) is 1. The second-order valence-corrected chi connectivity index (χ2v) is 6.78. The van der Waals surface area contributed by atoms with Crippen molar-refractivity contribution >= 4 is 24.1 Å². The van der Waals surface area contributed by atoms with Crippen LogP contribution in [-0.4, -0.2) is 47.1 Å². The molecule has 0 aromatic heterocycles. The SMILES string of the molecule is CCN(CC)C(=O)C1(O)CC1C=Nc1cccc(-c2ccc(C=O)cc2)c1. The van der Waals surface area contributed by atoms with Gasteiger partial charge in [-0.05, 0) is 43.5 Å². The third kappa shape index (κ3) is 3.98. The van der Waals surface area contributed by atoms with Gasteiger partial charge in [0.1, 0.15) is 6.29 Å². The molecule has 1 aliphatic rings. The predicted molar refractivity (Wildman–Crippen MR) is 106 cm³/mol. The van der Waals surface area contributed by atoms with Crippen LogP contribution < -0.4 is 0 Å². The Morgan fingerprint density at radius 3 is 2.52 bits per heavy atom. The van der Waals surface area contributed by atoms with Gasteiger partial charge in [0.2, 0.25) is 0 Å². The standard InChI is InChI=1S/C22H24N2O3/c1-3-24(4-2)21(26)22(27)13-19(22)14-23-20-7-5-6-18(12-20)17-10-8-16(15-25)9-11-17/h5-12,14-15,19,27H,3-4,13H2,1-2H3. The first-order chi connectivity index (χ1) is 13.0. The summed E-state index contributed by atoms with van der Waals surface area (Å²) in [6.07, 6.45) is 2.91. The zero-order valence-electron chi connectivity index (χ0n) is 15.6. The van der Waals surface area contributed by atoms with Crippen molar-refractivity contribution < 1.29 is 14.7 Å². The number of aldehydes is 1. The molecule has 5 heteroatoms. The molecule has 2 aromatic carbocycles. The highest BCUT2D eigenvalue weighted by molar-refractivity contribution is 5.94. The second-order valence-electron chi connectivity index (χ2n) is 6.78. The molecule has 1 fully saturated rings. The molecule has 140 valence electrons. The number of aliphatic imine (C=N–C) groups is 1. The fourth-order valence-corrected chi connectivity index (χ4v) is 3.18. The molecule has 0 bridgehead atoms. The molecule has 2 aromatic rings. The van der Waals surface area contributed by atoms with E-state index in [2.05, 4.69) is 4.99 Å². The Labute approximate surface area is 159 Å². The first-order valence-corrected chi connectivity index (χ1v) is 9.23. The van der Waals surface area contributed by atoms with Gasteiger partial charge in [0.15, 0.2) is 5.60 Å². The Kier molecular flexibility index (Phi) is 5.51. The molecule has 0 radical (unpaired) electrons. The van der Waals surface area contributed by atoms with E-state index < -0.39 is 5.60 Å². The smallest absolute Gasteiger partial charge is 0.255 e. The first-order valence-electron chi connectivity index (χ1n) is 9.23. The van der Waals surface area contributed by atoms with Crippen LogP contribution in [0.4, 0.5) is 5.69 Å². The van der Waals surface area contributed by atoms with Crippen molar-refractivity contribution in [2.45, 2.75) is 25.9 Å². The van der Waals surface area contributed by atoms with Crippen LogP contribution >= 0.6 is 0 Å². The lowest BCUT2D eigenvalue weighted by molar-refractivity contribution is -0.142. The van der Waals surface area contributed by atoms with Crippen LogP contribution in [0.2, 0.25) is 0 Å². The maximum absolute atomic E-state index is 12.4. The maximum Gasteiger partial charge on any atom is 0.255 e. The van der Waals surface area contributed by atoms with E-state index in [4.69, 9.17) is 0 Å². The molecular weight excluding hydrogens is 340 g/mol. The van der Waals surface area contributed by atoms with Crippen molar-refractivity contribution in [3.8, 4) is 11.1 Å². The van der Waals surface area contributed by atoms with Gasteiger partial charge in [0.05, 0.1) is 5.69 Å². The highest BCUT2D eigenvalue weighted by atomic mass is 16.3. The van der Waals surface area contributed by atoms with Gasteiger partial charge in [-0.15, -0.1) is 0 Å². The van der Waals surface area contributed by atoms with E-state index >= 15 is 0 Å². The van der Waals surface area contributed by atoms with Crippen LogP contribution in [0.1, 0.15) is 30.6 Å². The Morgan fingerprint density at radius 1 is 1.19 bits per heavy atom. The van der Waals surface area contributed by atoms with Crippen LogP contribution in [0.25, 0.3) is 11.1 Å². The Morgan fingerprint density at radius 2 is 1.89 bits per heavy atom. The van der Waals surface area contributed by atoms with Crippen molar-refractivity contribution in [2.24, 2.45) is 10.9 Å². The van der Waals surface area contributed by atoms with Gasteiger partial charge < -0.3 is 10.0 Å². The number of aliphatic hydroxyl groups is 1. The normalized spacial score (nSPS) is 21.2. The average Bonchev–Trinajstić information content (AvgIpc) is 3.39. The second kappa shape index (κ2) is 7.84. The summed E-state index contributed by atoms with van der Waals surface area (Å²) in [6.45, 7) is 4.99. The molecule has 1 saturated carbocycles. The quantitative estimate of drug-likeness (QED) is 0.604. The van der Waals surface area contributed by atoms with Crippen LogP contribution in [0.5, 0.6) is 0 Å². The first kappa shape index (κ1) is 19.0. The molecule has 0 heterocycles. The Hall–Kier alpha value is -2.79. The van der Waals surface area contributed by atoms with Crippen molar-refractivity contribution in [1.29, 1.82) is 0 Å². The number of nitrogens with zero attached hydrogens (tertiary/aromatic N) is 2. The summed E-state index contributed by atoms with van der Waals surface area (Å²) >= 11 is 0. The highest BCUT2D eigenvalue weighted by Crippen LogP contribution is 2.44. The lowest BCUT2D eigenvalue weighted by Crippen LogP contribution is -2.41. The fourth-order valence-electron chi connectivity index (χ4n) is 3.18. The van der Waals surface area contributed by atoms with E-state index in [0.29, 0.717) is 25.1 Å². The number of benzene rings is 2. The van der Waals surface area contributed by atoms with Crippen molar-refractivity contribution in [3.05, 3.63) is 54.1 Å². The van der Waals surface area contributed by atoms with Gasteiger partial charge in [-0.25, -0.2) is 0 Å². The number of carbonyl (C=O) groups is 2. The third-order valence-electron chi connectivity index (χ3n) is 5.04. The van der Waals surface area contributed by atoms with Gasteiger partial charge >= 0.3 is 0 Å². The molecule has 1 amide bonds.